The summed E-state index contributed by atoms with van der Waals surface area (Å²) in [4.78, 5) is 34.8. The first kappa shape index (κ1) is 23.6. The number of fused-ring (bicyclic) bond motifs is 1. The number of aryl methyl sites for hydroxylation is 1. The minimum absolute atomic E-state index is 0.0195. The maximum Gasteiger partial charge on any atom is 0.338 e. The van der Waals surface area contributed by atoms with E-state index in [2.05, 4.69) is 15.2 Å². The number of thioether (sulfide) groups is 1. The molecule has 3 aliphatic heterocycles. The van der Waals surface area contributed by atoms with Crippen LogP contribution in [0.5, 0.6) is 0 Å². The van der Waals surface area contributed by atoms with E-state index in [1.807, 2.05) is 48.4 Å². The lowest BCUT2D eigenvalue weighted by atomic mass is 9.93. The van der Waals surface area contributed by atoms with E-state index in [4.69, 9.17) is 4.74 Å². The average Bonchev–Trinajstić information content (AvgIpc) is 3.44. The van der Waals surface area contributed by atoms with Gasteiger partial charge in [0, 0.05) is 18.8 Å². The molecule has 0 radical (unpaired) electrons. The first-order chi connectivity index (χ1) is 16.0. The van der Waals surface area contributed by atoms with Gasteiger partial charge >= 0.3 is 5.97 Å². The van der Waals surface area contributed by atoms with Crippen LogP contribution in [0.2, 0.25) is 0 Å². The number of carbonyl (C=O) groups excluding carboxylic acids is 2. The van der Waals surface area contributed by atoms with Gasteiger partial charge in [0.1, 0.15) is 0 Å². The SMILES string of the molecule is CCOC(=O)C1=C(C)N=C2SC=C(CC(=O)NCCN3CCCC3)N2C1c1ccc(C)cc1. The van der Waals surface area contributed by atoms with Crippen LogP contribution >= 0.6 is 11.8 Å². The zero-order valence-electron chi connectivity index (χ0n) is 19.6. The van der Waals surface area contributed by atoms with E-state index in [9.17, 15) is 9.59 Å². The molecule has 1 saturated heterocycles. The van der Waals surface area contributed by atoms with Gasteiger partial charge in [-0.1, -0.05) is 41.6 Å². The number of amidine groups is 1. The molecule has 0 aromatic heterocycles. The molecule has 8 heteroatoms. The number of hydrogen-bond donors (Lipinski definition) is 1. The van der Waals surface area contributed by atoms with Crippen molar-refractivity contribution in [1.82, 2.24) is 15.1 Å². The Bertz CT molecular complexity index is 993. The molecule has 0 bridgehead atoms. The van der Waals surface area contributed by atoms with Crippen LogP contribution in [0.15, 0.2) is 51.6 Å². The summed E-state index contributed by atoms with van der Waals surface area (Å²) in [5.41, 5.74) is 4.14. The Labute approximate surface area is 199 Å². The maximum atomic E-state index is 13.0. The molecule has 1 unspecified atom stereocenters. The second-order valence-corrected chi connectivity index (χ2v) is 9.44. The molecule has 7 nitrogen and oxygen atoms in total. The predicted molar refractivity (Wildman–Crippen MR) is 132 cm³/mol. The maximum absolute atomic E-state index is 13.0. The molecular weight excluding hydrogens is 436 g/mol. The lowest BCUT2D eigenvalue weighted by Gasteiger charge is -2.36. The summed E-state index contributed by atoms with van der Waals surface area (Å²) < 4.78 is 5.39. The monoisotopic (exact) mass is 468 g/mol. The highest BCUT2D eigenvalue weighted by Crippen LogP contribution is 2.44. The normalized spacial score (nSPS) is 20.5. The third-order valence-electron chi connectivity index (χ3n) is 6.18. The first-order valence-electron chi connectivity index (χ1n) is 11.6. The number of nitrogens with zero attached hydrogens (tertiary/aromatic N) is 3. The van der Waals surface area contributed by atoms with Crippen LogP contribution < -0.4 is 5.32 Å². The summed E-state index contributed by atoms with van der Waals surface area (Å²) in [6.07, 6.45) is 2.72. The van der Waals surface area contributed by atoms with E-state index in [-0.39, 0.29) is 24.3 Å². The van der Waals surface area contributed by atoms with Gasteiger partial charge in [-0.05, 0) is 57.7 Å². The zero-order valence-corrected chi connectivity index (χ0v) is 20.4. The minimum Gasteiger partial charge on any atom is -0.463 e. The number of allylic oxidation sites excluding steroid dienone is 1. The van der Waals surface area contributed by atoms with Gasteiger partial charge < -0.3 is 19.9 Å². The molecule has 1 amide bonds. The minimum atomic E-state index is -0.379. The number of hydrogen-bond acceptors (Lipinski definition) is 7. The second-order valence-electron chi connectivity index (χ2n) is 8.60. The van der Waals surface area contributed by atoms with Crippen molar-refractivity contribution < 1.29 is 14.3 Å². The largest absolute Gasteiger partial charge is 0.463 e. The smallest absolute Gasteiger partial charge is 0.338 e. The number of likely N-dealkylation sites (tertiary alicyclic amines) is 1. The van der Waals surface area contributed by atoms with Gasteiger partial charge in [0.05, 0.1) is 30.3 Å². The number of benzene rings is 1. The molecule has 0 spiro atoms. The summed E-state index contributed by atoms with van der Waals surface area (Å²) >= 11 is 1.49. The zero-order chi connectivity index (χ0) is 23.4. The number of carbonyl (C=O) groups is 2. The standard InChI is InChI=1S/C25H32N4O3S/c1-4-32-24(31)22-18(3)27-25-29(23(22)19-9-7-17(2)8-10-19)20(16-33-25)15-21(30)26-11-14-28-12-5-6-13-28/h7-10,16,23H,4-6,11-15H2,1-3H3,(H,26,30). The van der Waals surface area contributed by atoms with Crippen molar-refractivity contribution in [2.24, 2.45) is 4.99 Å². The van der Waals surface area contributed by atoms with Crippen molar-refractivity contribution in [1.29, 1.82) is 0 Å². The second kappa shape index (κ2) is 10.6. The number of aliphatic imine (C=N–C) groups is 1. The van der Waals surface area contributed by atoms with Crippen molar-refractivity contribution in [3.05, 3.63) is 57.8 Å². The fourth-order valence-electron chi connectivity index (χ4n) is 4.49. The molecule has 0 saturated carbocycles. The van der Waals surface area contributed by atoms with Gasteiger partial charge in [-0.2, -0.15) is 0 Å². The molecule has 4 rings (SSSR count). The van der Waals surface area contributed by atoms with Crippen LogP contribution in [0.25, 0.3) is 0 Å². The van der Waals surface area contributed by atoms with Gasteiger partial charge in [0.2, 0.25) is 5.91 Å². The number of ether oxygens (including phenoxy) is 1. The number of nitrogens with one attached hydrogen (secondary N) is 1. The van der Waals surface area contributed by atoms with Crippen LogP contribution in [0.4, 0.5) is 0 Å². The summed E-state index contributed by atoms with van der Waals surface area (Å²) in [5.74, 6) is -0.386. The molecule has 33 heavy (non-hydrogen) atoms. The number of rotatable bonds is 8. The van der Waals surface area contributed by atoms with Crippen molar-refractivity contribution >= 4 is 28.8 Å². The third-order valence-corrected chi connectivity index (χ3v) is 7.07. The number of amides is 1. The van der Waals surface area contributed by atoms with Crippen LogP contribution in [0.3, 0.4) is 0 Å². The quantitative estimate of drug-likeness (QED) is 0.586. The van der Waals surface area contributed by atoms with Crippen molar-refractivity contribution in [3.8, 4) is 0 Å². The highest BCUT2D eigenvalue weighted by molar-refractivity contribution is 8.16. The Morgan fingerprint density at radius 3 is 2.61 bits per heavy atom. The van der Waals surface area contributed by atoms with E-state index in [0.29, 0.717) is 24.4 Å². The van der Waals surface area contributed by atoms with Crippen LogP contribution in [-0.2, 0) is 14.3 Å². The van der Waals surface area contributed by atoms with Gasteiger partial charge in [0.15, 0.2) is 5.17 Å². The molecule has 3 heterocycles. The van der Waals surface area contributed by atoms with Gasteiger partial charge in [-0.15, -0.1) is 0 Å². The Hall–Kier alpha value is -2.58. The summed E-state index contributed by atoms with van der Waals surface area (Å²) in [7, 11) is 0. The van der Waals surface area contributed by atoms with Crippen molar-refractivity contribution in [2.45, 2.75) is 46.1 Å². The van der Waals surface area contributed by atoms with Gasteiger partial charge in [0.25, 0.3) is 0 Å². The summed E-state index contributed by atoms with van der Waals surface area (Å²) in [6, 6.07) is 7.77. The van der Waals surface area contributed by atoms with E-state index in [1.165, 1.54) is 24.6 Å². The lowest BCUT2D eigenvalue weighted by molar-refractivity contribution is -0.139. The Kier molecular flexibility index (Phi) is 7.55. The van der Waals surface area contributed by atoms with Crippen molar-refractivity contribution in [2.75, 3.05) is 32.8 Å². The van der Waals surface area contributed by atoms with Crippen LogP contribution in [0, 0.1) is 6.92 Å². The Morgan fingerprint density at radius 1 is 1.18 bits per heavy atom. The lowest BCUT2D eigenvalue weighted by Crippen LogP contribution is -2.39. The average molecular weight is 469 g/mol. The van der Waals surface area contributed by atoms with Gasteiger partial charge in [-0.3, -0.25) is 4.79 Å². The molecule has 1 fully saturated rings. The van der Waals surface area contributed by atoms with Crippen LogP contribution in [0.1, 0.15) is 50.3 Å². The highest BCUT2D eigenvalue weighted by Gasteiger charge is 2.41. The third kappa shape index (κ3) is 5.33. The first-order valence-corrected chi connectivity index (χ1v) is 12.5. The van der Waals surface area contributed by atoms with Crippen molar-refractivity contribution in [3.63, 3.8) is 0 Å². The van der Waals surface area contributed by atoms with E-state index in [0.717, 1.165) is 41.6 Å². The summed E-state index contributed by atoms with van der Waals surface area (Å²) in [5, 5.41) is 5.81. The van der Waals surface area contributed by atoms with E-state index in [1.54, 1.807) is 6.92 Å². The molecule has 3 aliphatic rings. The predicted octanol–water partition coefficient (Wildman–Crippen LogP) is 3.74. The van der Waals surface area contributed by atoms with E-state index >= 15 is 0 Å². The molecular formula is C25H32N4O3S. The Balaban J connectivity index is 1.54. The van der Waals surface area contributed by atoms with E-state index < -0.39 is 0 Å². The topological polar surface area (TPSA) is 74.2 Å². The molecule has 1 N–H and O–H groups in total. The summed E-state index contributed by atoms with van der Waals surface area (Å²) in [6.45, 7) is 9.75. The van der Waals surface area contributed by atoms with Crippen LogP contribution in [-0.4, -0.2) is 59.6 Å². The number of esters is 1. The molecule has 1 atom stereocenters. The van der Waals surface area contributed by atoms with Gasteiger partial charge in [-0.25, -0.2) is 9.79 Å². The molecule has 1 aromatic rings. The molecule has 176 valence electrons. The molecule has 0 aliphatic carbocycles. The molecule has 1 aromatic carbocycles. The Morgan fingerprint density at radius 2 is 1.91 bits per heavy atom. The fraction of sp³-hybridized carbons (Fsp3) is 0.480. The highest BCUT2D eigenvalue weighted by atomic mass is 32.2. The fourth-order valence-corrected chi connectivity index (χ4v) is 5.45.